The summed E-state index contributed by atoms with van der Waals surface area (Å²) < 4.78 is 5.73. The van der Waals surface area contributed by atoms with E-state index in [2.05, 4.69) is 5.32 Å². The molecular formula is C24H20N2O4. The largest absolute Gasteiger partial charge is 0.489 e. The lowest BCUT2D eigenvalue weighted by atomic mass is 10.0. The van der Waals surface area contributed by atoms with E-state index < -0.39 is 17.9 Å². The zero-order valence-electron chi connectivity index (χ0n) is 16.1. The average Bonchev–Trinajstić information content (AvgIpc) is 2.78. The Morgan fingerprint density at radius 1 is 0.933 bits per heavy atom. The highest BCUT2D eigenvalue weighted by atomic mass is 16.5. The second kappa shape index (κ2) is 9.89. The van der Waals surface area contributed by atoms with E-state index in [1.165, 1.54) is 24.3 Å². The first-order valence-corrected chi connectivity index (χ1v) is 9.34. The molecule has 6 heteroatoms. The Bertz CT molecular complexity index is 1040. The van der Waals surface area contributed by atoms with Crippen LogP contribution in [-0.2, 0) is 17.8 Å². The van der Waals surface area contributed by atoms with E-state index in [4.69, 9.17) is 10.00 Å². The molecule has 3 aromatic rings. The highest BCUT2D eigenvalue weighted by molar-refractivity contribution is 5.96. The Morgan fingerprint density at radius 3 is 2.20 bits per heavy atom. The summed E-state index contributed by atoms with van der Waals surface area (Å²) in [5.41, 5.74) is 2.54. The van der Waals surface area contributed by atoms with Gasteiger partial charge in [0.2, 0.25) is 0 Å². The summed E-state index contributed by atoms with van der Waals surface area (Å²) in [5, 5.41) is 20.8. The zero-order valence-corrected chi connectivity index (χ0v) is 16.1. The molecule has 3 aromatic carbocycles. The van der Waals surface area contributed by atoms with Crippen molar-refractivity contribution >= 4 is 11.9 Å². The third-order valence-electron chi connectivity index (χ3n) is 4.49. The molecule has 6 nitrogen and oxygen atoms in total. The predicted molar refractivity (Wildman–Crippen MR) is 111 cm³/mol. The molecule has 0 aromatic heterocycles. The number of nitriles is 1. The molecule has 0 unspecified atom stereocenters. The normalized spacial score (nSPS) is 11.2. The van der Waals surface area contributed by atoms with Gasteiger partial charge in [-0.25, -0.2) is 4.79 Å². The molecule has 0 bridgehead atoms. The van der Waals surface area contributed by atoms with Gasteiger partial charge in [-0.15, -0.1) is 0 Å². The summed E-state index contributed by atoms with van der Waals surface area (Å²) in [6.45, 7) is 0.443. The summed E-state index contributed by atoms with van der Waals surface area (Å²) in [6.07, 6.45) is 0.135. The Hall–Kier alpha value is -4.11. The van der Waals surface area contributed by atoms with Crippen LogP contribution in [0.3, 0.4) is 0 Å². The molecule has 0 aliphatic heterocycles. The molecule has 150 valence electrons. The number of carbonyl (C=O) groups excluding carboxylic acids is 1. The van der Waals surface area contributed by atoms with Crippen molar-refractivity contribution in [3.63, 3.8) is 0 Å². The maximum atomic E-state index is 12.3. The molecule has 0 radical (unpaired) electrons. The van der Waals surface area contributed by atoms with E-state index in [0.29, 0.717) is 23.5 Å². The number of hydrogen-bond acceptors (Lipinski definition) is 4. The van der Waals surface area contributed by atoms with Gasteiger partial charge in [0.1, 0.15) is 18.4 Å². The monoisotopic (exact) mass is 400 g/mol. The molecule has 0 saturated heterocycles. The molecule has 0 fully saturated rings. The van der Waals surface area contributed by atoms with Gasteiger partial charge >= 0.3 is 5.97 Å². The number of carbonyl (C=O) groups is 2. The van der Waals surface area contributed by atoms with Gasteiger partial charge in [0, 0.05) is 12.0 Å². The Morgan fingerprint density at radius 2 is 1.60 bits per heavy atom. The van der Waals surface area contributed by atoms with Crippen LogP contribution in [0.5, 0.6) is 5.75 Å². The minimum absolute atomic E-state index is 0.135. The Balaban J connectivity index is 1.59. The second-order valence-electron chi connectivity index (χ2n) is 6.68. The topological polar surface area (TPSA) is 99.4 Å². The lowest BCUT2D eigenvalue weighted by Crippen LogP contribution is -2.42. The Labute approximate surface area is 174 Å². The first-order valence-electron chi connectivity index (χ1n) is 9.34. The van der Waals surface area contributed by atoms with Crippen LogP contribution in [0.15, 0.2) is 78.9 Å². The fourth-order valence-electron chi connectivity index (χ4n) is 2.84. The van der Waals surface area contributed by atoms with Gasteiger partial charge in [-0.1, -0.05) is 42.5 Å². The van der Waals surface area contributed by atoms with Crippen molar-refractivity contribution in [1.82, 2.24) is 5.32 Å². The third kappa shape index (κ3) is 5.69. The molecule has 1 amide bonds. The molecule has 0 aliphatic rings. The number of rotatable bonds is 8. The van der Waals surface area contributed by atoms with Gasteiger partial charge in [-0.3, -0.25) is 4.79 Å². The van der Waals surface area contributed by atoms with Crippen molar-refractivity contribution in [2.75, 3.05) is 0 Å². The van der Waals surface area contributed by atoms with Crippen LogP contribution in [0.4, 0.5) is 0 Å². The van der Waals surface area contributed by atoms with Crippen molar-refractivity contribution in [2.45, 2.75) is 19.1 Å². The van der Waals surface area contributed by atoms with E-state index in [1.807, 2.05) is 36.4 Å². The minimum Gasteiger partial charge on any atom is -0.489 e. The number of aliphatic carboxylic acids is 1. The number of ether oxygens (including phenoxy) is 1. The van der Waals surface area contributed by atoms with Crippen LogP contribution < -0.4 is 10.1 Å². The summed E-state index contributed by atoms with van der Waals surface area (Å²) in [5.74, 6) is -0.952. The summed E-state index contributed by atoms with van der Waals surface area (Å²) in [6, 6.07) is 23.8. The average molecular weight is 400 g/mol. The van der Waals surface area contributed by atoms with Crippen LogP contribution in [0.1, 0.15) is 27.0 Å². The van der Waals surface area contributed by atoms with Crippen LogP contribution in [-0.4, -0.2) is 23.0 Å². The van der Waals surface area contributed by atoms with Gasteiger partial charge in [0.25, 0.3) is 5.91 Å². The van der Waals surface area contributed by atoms with Crippen molar-refractivity contribution in [3.05, 3.63) is 101 Å². The quantitative estimate of drug-likeness (QED) is 0.602. The predicted octanol–water partition coefficient (Wildman–Crippen LogP) is 3.56. The SMILES string of the molecule is N#Cc1ccc(C(=O)N[C@@H](Cc2ccc(OCc3ccccc3)cc2)C(=O)O)cc1. The number of carboxylic acid groups (broad SMARTS) is 1. The maximum Gasteiger partial charge on any atom is 0.326 e. The highest BCUT2D eigenvalue weighted by Crippen LogP contribution is 2.16. The lowest BCUT2D eigenvalue weighted by Gasteiger charge is -2.15. The maximum absolute atomic E-state index is 12.3. The fraction of sp³-hybridized carbons (Fsp3) is 0.125. The van der Waals surface area contributed by atoms with Gasteiger partial charge < -0.3 is 15.2 Å². The standard InChI is InChI=1S/C24H20N2O4/c25-15-18-6-10-20(11-7-18)23(27)26-22(24(28)29)14-17-8-12-21(13-9-17)30-16-19-4-2-1-3-5-19/h1-13,22H,14,16H2,(H,26,27)(H,28,29)/t22-/m0/s1. The van der Waals surface area contributed by atoms with Gasteiger partial charge in [0.15, 0.2) is 0 Å². The number of nitrogens with one attached hydrogen (secondary N) is 1. The van der Waals surface area contributed by atoms with Crippen molar-refractivity contribution in [3.8, 4) is 11.8 Å². The first-order chi connectivity index (χ1) is 14.5. The van der Waals surface area contributed by atoms with E-state index in [-0.39, 0.29) is 6.42 Å². The Kier molecular flexibility index (Phi) is 6.80. The van der Waals surface area contributed by atoms with E-state index >= 15 is 0 Å². The van der Waals surface area contributed by atoms with Crippen molar-refractivity contribution < 1.29 is 19.4 Å². The van der Waals surface area contributed by atoms with Crippen molar-refractivity contribution in [1.29, 1.82) is 5.26 Å². The van der Waals surface area contributed by atoms with Gasteiger partial charge in [-0.05, 0) is 47.5 Å². The molecule has 3 rings (SSSR count). The smallest absolute Gasteiger partial charge is 0.326 e. The summed E-state index contributed by atoms with van der Waals surface area (Å²) in [4.78, 5) is 24.0. The van der Waals surface area contributed by atoms with Crippen molar-refractivity contribution in [2.24, 2.45) is 0 Å². The van der Waals surface area contributed by atoms with Gasteiger partial charge in [-0.2, -0.15) is 5.26 Å². The molecule has 0 spiro atoms. The third-order valence-corrected chi connectivity index (χ3v) is 4.49. The number of carboxylic acids is 1. The first kappa shape index (κ1) is 20.6. The van der Waals surface area contributed by atoms with E-state index in [1.54, 1.807) is 24.3 Å². The summed E-state index contributed by atoms with van der Waals surface area (Å²) in [7, 11) is 0. The lowest BCUT2D eigenvalue weighted by molar-refractivity contribution is -0.139. The molecule has 2 N–H and O–H groups in total. The zero-order chi connectivity index (χ0) is 21.3. The number of amides is 1. The number of hydrogen-bond donors (Lipinski definition) is 2. The molecular weight excluding hydrogens is 380 g/mol. The van der Waals surface area contributed by atoms with Crippen LogP contribution >= 0.6 is 0 Å². The van der Waals surface area contributed by atoms with E-state index in [9.17, 15) is 14.7 Å². The number of nitrogens with zero attached hydrogens (tertiary/aromatic N) is 1. The molecule has 0 heterocycles. The molecule has 0 aliphatic carbocycles. The number of benzene rings is 3. The molecule has 30 heavy (non-hydrogen) atoms. The van der Waals surface area contributed by atoms with Gasteiger partial charge in [0.05, 0.1) is 11.6 Å². The van der Waals surface area contributed by atoms with Crippen LogP contribution in [0.2, 0.25) is 0 Å². The second-order valence-corrected chi connectivity index (χ2v) is 6.68. The minimum atomic E-state index is -1.12. The van der Waals surface area contributed by atoms with Crippen LogP contribution in [0, 0.1) is 11.3 Å². The molecule has 0 saturated carbocycles. The van der Waals surface area contributed by atoms with Crippen LogP contribution in [0.25, 0.3) is 0 Å². The fourth-order valence-corrected chi connectivity index (χ4v) is 2.84. The van der Waals surface area contributed by atoms with E-state index in [0.717, 1.165) is 11.1 Å². The molecule has 1 atom stereocenters. The highest BCUT2D eigenvalue weighted by Gasteiger charge is 2.21. The summed E-state index contributed by atoms with van der Waals surface area (Å²) >= 11 is 0.